The highest BCUT2D eigenvalue weighted by molar-refractivity contribution is 7.99. The lowest BCUT2D eigenvalue weighted by Gasteiger charge is -2.20. The van der Waals surface area contributed by atoms with Gasteiger partial charge >= 0.3 is 0 Å². The minimum atomic E-state index is 0.0809. The number of para-hydroxylation sites is 1. The first kappa shape index (κ1) is 14.9. The number of anilines is 1. The molecule has 1 saturated carbocycles. The van der Waals surface area contributed by atoms with Crippen LogP contribution in [0.4, 0.5) is 5.13 Å². The van der Waals surface area contributed by atoms with Crippen LogP contribution in [0.15, 0.2) is 24.3 Å². The fourth-order valence-corrected chi connectivity index (χ4v) is 4.84. The van der Waals surface area contributed by atoms with E-state index in [2.05, 4.69) is 10.3 Å². The van der Waals surface area contributed by atoms with E-state index in [4.69, 9.17) is 0 Å². The summed E-state index contributed by atoms with van der Waals surface area (Å²) in [7, 11) is 0. The number of amides is 1. The van der Waals surface area contributed by atoms with Gasteiger partial charge in [0.25, 0.3) is 0 Å². The minimum absolute atomic E-state index is 0.0809. The lowest BCUT2D eigenvalue weighted by molar-refractivity contribution is -0.115. The topological polar surface area (TPSA) is 42.0 Å². The Balaban J connectivity index is 1.45. The molecule has 0 aliphatic heterocycles. The number of benzene rings is 1. The van der Waals surface area contributed by atoms with E-state index in [1.54, 1.807) is 0 Å². The summed E-state index contributed by atoms with van der Waals surface area (Å²) < 4.78 is 1.12. The first-order valence-corrected chi connectivity index (χ1v) is 9.45. The fraction of sp³-hybridized carbons (Fsp3) is 0.500. The molecular weight excluding hydrogens is 300 g/mol. The van der Waals surface area contributed by atoms with Gasteiger partial charge in [-0.1, -0.05) is 42.7 Å². The Hall–Kier alpha value is -1.07. The van der Waals surface area contributed by atoms with Crippen LogP contribution in [0.5, 0.6) is 0 Å². The summed E-state index contributed by atoms with van der Waals surface area (Å²) >= 11 is 3.50. The molecule has 0 saturated heterocycles. The summed E-state index contributed by atoms with van der Waals surface area (Å²) in [4.78, 5) is 16.4. The molecule has 5 heteroatoms. The molecule has 0 spiro atoms. The zero-order valence-electron chi connectivity index (χ0n) is 12.0. The van der Waals surface area contributed by atoms with Gasteiger partial charge in [0.2, 0.25) is 5.91 Å². The fourth-order valence-electron chi connectivity index (χ4n) is 2.66. The molecule has 2 aromatic rings. The van der Waals surface area contributed by atoms with E-state index < -0.39 is 0 Å². The number of nitrogens with zero attached hydrogens (tertiary/aromatic N) is 1. The van der Waals surface area contributed by atoms with Gasteiger partial charge in [0.15, 0.2) is 5.13 Å². The molecule has 0 bridgehead atoms. The maximum Gasteiger partial charge on any atom is 0.226 e. The molecule has 1 aromatic carbocycles. The molecular formula is C16H20N2OS2. The van der Waals surface area contributed by atoms with Crippen LogP contribution in [-0.4, -0.2) is 21.9 Å². The zero-order valence-corrected chi connectivity index (χ0v) is 13.6. The number of aromatic nitrogens is 1. The molecule has 112 valence electrons. The molecule has 1 fully saturated rings. The van der Waals surface area contributed by atoms with E-state index in [1.807, 2.05) is 36.0 Å². The molecule has 1 amide bonds. The summed E-state index contributed by atoms with van der Waals surface area (Å²) in [5, 5.41) is 4.41. The van der Waals surface area contributed by atoms with Crippen molar-refractivity contribution < 1.29 is 4.79 Å². The first-order chi connectivity index (χ1) is 10.3. The van der Waals surface area contributed by atoms with Crippen LogP contribution in [0.25, 0.3) is 10.2 Å². The molecule has 0 atom stereocenters. The van der Waals surface area contributed by atoms with Crippen LogP contribution in [0.3, 0.4) is 0 Å². The van der Waals surface area contributed by atoms with Gasteiger partial charge in [-0.3, -0.25) is 4.79 Å². The van der Waals surface area contributed by atoms with E-state index in [0.29, 0.717) is 11.6 Å². The number of thiazole rings is 1. The molecule has 1 N–H and O–H groups in total. The smallest absolute Gasteiger partial charge is 0.226 e. The second kappa shape index (κ2) is 7.27. The third kappa shape index (κ3) is 4.20. The average Bonchev–Trinajstić information content (AvgIpc) is 2.90. The molecule has 21 heavy (non-hydrogen) atoms. The van der Waals surface area contributed by atoms with Crippen LogP contribution in [0.1, 0.15) is 38.5 Å². The highest BCUT2D eigenvalue weighted by Crippen LogP contribution is 2.29. The zero-order chi connectivity index (χ0) is 14.5. The summed E-state index contributed by atoms with van der Waals surface area (Å²) in [5.41, 5.74) is 0.953. The number of thioether (sulfide) groups is 1. The Kier molecular flexibility index (Phi) is 5.14. The number of carbonyl (C=O) groups is 1. The van der Waals surface area contributed by atoms with Crippen molar-refractivity contribution in [3.63, 3.8) is 0 Å². The van der Waals surface area contributed by atoms with Crippen LogP contribution < -0.4 is 5.32 Å². The van der Waals surface area contributed by atoms with Gasteiger partial charge in [-0.25, -0.2) is 4.98 Å². The number of hydrogen-bond acceptors (Lipinski definition) is 4. The average molecular weight is 320 g/mol. The minimum Gasteiger partial charge on any atom is -0.302 e. The SMILES string of the molecule is O=C(CCSC1CCCCC1)Nc1nc2ccccc2s1. The third-order valence-electron chi connectivity index (χ3n) is 3.78. The van der Waals surface area contributed by atoms with Crippen molar-refractivity contribution >= 4 is 44.4 Å². The summed E-state index contributed by atoms with van der Waals surface area (Å²) in [6, 6.07) is 7.96. The molecule has 1 heterocycles. The van der Waals surface area contributed by atoms with Crippen LogP contribution >= 0.6 is 23.1 Å². The summed E-state index contributed by atoms with van der Waals surface area (Å²) in [6.45, 7) is 0. The van der Waals surface area contributed by atoms with E-state index in [-0.39, 0.29) is 5.91 Å². The largest absolute Gasteiger partial charge is 0.302 e. The Bertz CT molecular complexity index is 572. The van der Waals surface area contributed by atoms with Crippen molar-refractivity contribution in [2.24, 2.45) is 0 Å². The van der Waals surface area contributed by atoms with Gasteiger partial charge in [-0.05, 0) is 25.0 Å². The van der Waals surface area contributed by atoms with Gasteiger partial charge in [0.1, 0.15) is 0 Å². The number of fused-ring (bicyclic) bond motifs is 1. The highest BCUT2D eigenvalue weighted by atomic mass is 32.2. The second-order valence-electron chi connectivity index (χ2n) is 5.42. The van der Waals surface area contributed by atoms with Crippen LogP contribution in [0.2, 0.25) is 0 Å². The Morgan fingerprint density at radius 1 is 1.29 bits per heavy atom. The maximum atomic E-state index is 12.0. The standard InChI is InChI=1S/C16H20N2OS2/c19-15(10-11-20-12-6-2-1-3-7-12)18-16-17-13-8-4-5-9-14(13)21-16/h4-5,8-9,12H,1-3,6-7,10-11H2,(H,17,18,19). The van der Waals surface area contributed by atoms with Crippen LogP contribution in [-0.2, 0) is 4.79 Å². The highest BCUT2D eigenvalue weighted by Gasteiger charge is 2.14. The van der Waals surface area contributed by atoms with Crippen molar-refractivity contribution in [3.8, 4) is 0 Å². The van der Waals surface area contributed by atoms with Gasteiger partial charge in [0.05, 0.1) is 10.2 Å². The molecule has 1 aliphatic rings. The maximum absolute atomic E-state index is 12.0. The summed E-state index contributed by atoms with van der Waals surface area (Å²) in [6.07, 6.45) is 7.33. The molecule has 1 aromatic heterocycles. The van der Waals surface area contributed by atoms with E-state index in [0.717, 1.165) is 21.2 Å². The number of hydrogen-bond donors (Lipinski definition) is 1. The summed E-state index contributed by atoms with van der Waals surface area (Å²) in [5.74, 6) is 0.999. The molecule has 1 aliphatic carbocycles. The van der Waals surface area contributed by atoms with Crippen molar-refractivity contribution in [2.75, 3.05) is 11.1 Å². The van der Waals surface area contributed by atoms with Gasteiger partial charge in [0, 0.05) is 17.4 Å². The van der Waals surface area contributed by atoms with Crippen molar-refractivity contribution in [1.29, 1.82) is 0 Å². The van der Waals surface area contributed by atoms with E-state index in [1.165, 1.54) is 43.4 Å². The van der Waals surface area contributed by atoms with E-state index in [9.17, 15) is 4.79 Å². The molecule has 0 unspecified atom stereocenters. The quantitative estimate of drug-likeness (QED) is 0.869. The van der Waals surface area contributed by atoms with Gasteiger partial charge < -0.3 is 5.32 Å². The second-order valence-corrected chi connectivity index (χ2v) is 7.85. The monoisotopic (exact) mass is 320 g/mol. The number of rotatable bonds is 5. The first-order valence-electron chi connectivity index (χ1n) is 7.58. The normalized spacial score (nSPS) is 16.2. The van der Waals surface area contributed by atoms with Crippen molar-refractivity contribution in [1.82, 2.24) is 4.98 Å². The predicted octanol–water partition coefficient (Wildman–Crippen LogP) is 4.69. The molecule has 3 rings (SSSR count). The van der Waals surface area contributed by atoms with Crippen molar-refractivity contribution in [3.05, 3.63) is 24.3 Å². The van der Waals surface area contributed by atoms with Crippen LogP contribution in [0, 0.1) is 0 Å². The lowest BCUT2D eigenvalue weighted by Crippen LogP contribution is -2.14. The van der Waals surface area contributed by atoms with Crippen molar-refractivity contribution in [2.45, 2.75) is 43.8 Å². The van der Waals surface area contributed by atoms with Gasteiger partial charge in [-0.15, -0.1) is 0 Å². The Morgan fingerprint density at radius 3 is 2.90 bits per heavy atom. The number of nitrogens with one attached hydrogen (secondary N) is 1. The Labute approximate surface area is 133 Å². The predicted molar refractivity (Wildman–Crippen MR) is 92.2 cm³/mol. The van der Waals surface area contributed by atoms with Gasteiger partial charge in [-0.2, -0.15) is 11.8 Å². The van der Waals surface area contributed by atoms with E-state index >= 15 is 0 Å². The Morgan fingerprint density at radius 2 is 2.10 bits per heavy atom. The number of carbonyl (C=O) groups excluding carboxylic acids is 1. The molecule has 3 nitrogen and oxygen atoms in total. The lowest BCUT2D eigenvalue weighted by atomic mass is 10.0. The molecule has 0 radical (unpaired) electrons. The third-order valence-corrected chi connectivity index (χ3v) is 6.11.